The van der Waals surface area contributed by atoms with E-state index in [1.54, 1.807) is 0 Å². The van der Waals surface area contributed by atoms with Crippen molar-refractivity contribution in [3.63, 3.8) is 0 Å². The van der Waals surface area contributed by atoms with Crippen molar-refractivity contribution >= 4 is 17.6 Å². The Balaban J connectivity index is 2.20. The van der Waals surface area contributed by atoms with E-state index >= 15 is 0 Å². The molecule has 96 valence electrons. The number of rotatable bonds is 3. The second-order valence-corrected chi connectivity index (χ2v) is 4.12. The number of imide groups is 1. The Labute approximate surface area is 103 Å². The zero-order chi connectivity index (χ0) is 13.3. The van der Waals surface area contributed by atoms with Gasteiger partial charge < -0.3 is 10.3 Å². The fourth-order valence-corrected chi connectivity index (χ4v) is 1.80. The molecule has 2 N–H and O–H groups in total. The first-order valence-electron chi connectivity index (χ1n) is 5.68. The molecule has 1 aromatic rings. The summed E-state index contributed by atoms with van der Waals surface area (Å²) < 4.78 is 0. The first-order chi connectivity index (χ1) is 8.51. The van der Waals surface area contributed by atoms with Crippen LogP contribution in [0.4, 0.5) is 5.82 Å². The van der Waals surface area contributed by atoms with E-state index in [1.807, 2.05) is 6.92 Å². The molecular weight excluding hydrogens is 236 g/mol. The predicted octanol–water partition coefficient (Wildman–Crippen LogP) is -0.499. The maximum atomic E-state index is 11.7. The SMILES string of the molecule is CCc1nc(NC2CC(=O)N(C)C2=O)cc(=O)[nH]1. The smallest absolute Gasteiger partial charge is 0.252 e. The number of aromatic amines is 1. The molecule has 1 atom stereocenters. The largest absolute Gasteiger partial charge is 0.358 e. The highest BCUT2D eigenvalue weighted by Gasteiger charge is 2.36. The van der Waals surface area contributed by atoms with Crippen molar-refractivity contribution in [2.24, 2.45) is 0 Å². The average Bonchev–Trinajstić information content (AvgIpc) is 2.56. The lowest BCUT2D eigenvalue weighted by Crippen LogP contribution is -2.32. The van der Waals surface area contributed by atoms with Crippen LogP contribution in [-0.2, 0) is 16.0 Å². The van der Waals surface area contributed by atoms with Crippen LogP contribution in [0, 0.1) is 0 Å². The summed E-state index contributed by atoms with van der Waals surface area (Å²) in [5.74, 6) is 0.311. The van der Waals surface area contributed by atoms with Gasteiger partial charge in [0.05, 0.1) is 6.42 Å². The number of likely N-dealkylation sites (tertiary alicyclic amines) is 1. The van der Waals surface area contributed by atoms with Gasteiger partial charge in [0.1, 0.15) is 17.7 Å². The molecule has 1 aliphatic rings. The molecule has 1 aromatic heterocycles. The van der Waals surface area contributed by atoms with Gasteiger partial charge in [-0.15, -0.1) is 0 Å². The van der Waals surface area contributed by atoms with Crippen LogP contribution in [0.1, 0.15) is 19.2 Å². The van der Waals surface area contributed by atoms with Crippen molar-refractivity contribution in [3.8, 4) is 0 Å². The average molecular weight is 250 g/mol. The van der Waals surface area contributed by atoms with E-state index in [1.165, 1.54) is 13.1 Å². The van der Waals surface area contributed by atoms with Gasteiger partial charge in [0, 0.05) is 19.5 Å². The van der Waals surface area contributed by atoms with E-state index in [-0.39, 0.29) is 23.8 Å². The van der Waals surface area contributed by atoms with Gasteiger partial charge in [0.2, 0.25) is 5.91 Å². The Kier molecular flexibility index (Phi) is 3.14. The van der Waals surface area contributed by atoms with Gasteiger partial charge in [0.25, 0.3) is 11.5 Å². The van der Waals surface area contributed by atoms with Crippen molar-refractivity contribution < 1.29 is 9.59 Å². The van der Waals surface area contributed by atoms with Crippen molar-refractivity contribution in [2.75, 3.05) is 12.4 Å². The van der Waals surface area contributed by atoms with Crippen LogP contribution < -0.4 is 10.9 Å². The van der Waals surface area contributed by atoms with E-state index in [4.69, 9.17) is 0 Å². The van der Waals surface area contributed by atoms with Crippen molar-refractivity contribution in [3.05, 3.63) is 22.2 Å². The maximum Gasteiger partial charge on any atom is 0.252 e. The number of H-pyrrole nitrogens is 1. The Morgan fingerprint density at radius 2 is 2.22 bits per heavy atom. The summed E-state index contributed by atoms with van der Waals surface area (Å²) in [5, 5.41) is 2.82. The van der Waals surface area contributed by atoms with Gasteiger partial charge in [-0.05, 0) is 0 Å². The quantitative estimate of drug-likeness (QED) is 0.705. The molecule has 7 heteroatoms. The highest BCUT2D eigenvalue weighted by molar-refractivity contribution is 6.06. The molecule has 0 saturated carbocycles. The van der Waals surface area contributed by atoms with Gasteiger partial charge in [0.15, 0.2) is 0 Å². The lowest BCUT2D eigenvalue weighted by atomic mass is 10.2. The highest BCUT2D eigenvalue weighted by Crippen LogP contribution is 2.14. The molecule has 1 fully saturated rings. The van der Waals surface area contributed by atoms with E-state index in [9.17, 15) is 14.4 Å². The fraction of sp³-hybridized carbons (Fsp3) is 0.455. The number of carbonyl (C=O) groups excluding carboxylic acids is 2. The van der Waals surface area contributed by atoms with Crippen LogP contribution in [0.15, 0.2) is 10.9 Å². The van der Waals surface area contributed by atoms with Gasteiger partial charge in [-0.2, -0.15) is 0 Å². The normalized spacial score (nSPS) is 19.4. The number of nitrogens with zero attached hydrogens (tertiary/aromatic N) is 2. The Bertz CT molecular complexity index is 551. The van der Waals surface area contributed by atoms with E-state index < -0.39 is 6.04 Å². The molecule has 1 unspecified atom stereocenters. The van der Waals surface area contributed by atoms with E-state index in [0.29, 0.717) is 18.1 Å². The third-order valence-corrected chi connectivity index (χ3v) is 2.83. The summed E-state index contributed by atoms with van der Waals surface area (Å²) in [6.07, 6.45) is 0.674. The molecule has 2 amide bonds. The van der Waals surface area contributed by atoms with Crippen LogP contribution in [0.5, 0.6) is 0 Å². The summed E-state index contributed by atoms with van der Waals surface area (Å²) in [6.45, 7) is 1.86. The second kappa shape index (κ2) is 4.59. The number of aryl methyl sites for hydroxylation is 1. The summed E-state index contributed by atoms with van der Waals surface area (Å²) >= 11 is 0. The zero-order valence-corrected chi connectivity index (χ0v) is 10.2. The third-order valence-electron chi connectivity index (χ3n) is 2.83. The number of aromatic nitrogens is 2. The molecule has 0 aromatic carbocycles. The topological polar surface area (TPSA) is 95.2 Å². The van der Waals surface area contributed by atoms with Crippen LogP contribution in [0.3, 0.4) is 0 Å². The molecule has 18 heavy (non-hydrogen) atoms. The minimum atomic E-state index is -0.637. The molecule has 0 radical (unpaired) electrons. The van der Waals surface area contributed by atoms with Crippen molar-refractivity contribution in [1.82, 2.24) is 14.9 Å². The predicted molar refractivity (Wildman–Crippen MR) is 64.0 cm³/mol. The minimum Gasteiger partial charge on any atom is -0.358 e. The molecule has 1 saturated heterocycles. The number of amides is 2. The Hall–Kier alpha value is -2.18. The molecule has 0 aliphatic carbocycles. The summed E-state index contributed by atoms with van der Waals surface area (Å²) in [6, 6.07) is 0.636. The van der Waals surface area contributed by atoms with Gasteiger partial charge in [-0.3, -0.25) is 19.3 Å². The molecule has 2 rings (SSSR count). The molecule has 2 heterocycles. The lowest BCUT2D eigenvalue weighted by Gasteiger charge is -2.11. The first-order valence-corrected chi connectivity index (χ1v) is 5.68. The summed E-state index contributed by atoms with van der Waals surface area (Å²) in [7, 11) is 1.44. The third kappa shape index (κ3) is 2.24. The number of hydrogen-bond donors (Lipinski definition) is 2. The number of likely N-dealkylation sites (N-methyl/N-ethyl adjacent to an activating group) is 1. The van der Waals surface area contributed by atoms with Crippen LogP contribution in [-0.4, -0.2) is 39.8 Å². The number of anilines is 1. The molecule has 0 spiro atoms. The van der Waals surface area contributed by atoms with Gasteiger partial charge in [-0.1, -0.05) is 6.92 Å². The first kappa shape index (κ1) is 12.3. The van der Waals surface area contributed by atoms with Crippen LogP contribution in [0.2, 0.25) is 0 Å². The molecule has 7 nitrogen and oxygen atoms in total. The van der Waals surface area contributed by atoms with E-state index in [0.717, 1.165) is 4.90 Å². The Morgan fingerprint density at radius 1 is 1.50 bits per heavy atom. The highest BCUT2D eigenvalue weighted by atomic mass is 16.2. The number of hydrogen-bond acceptors (Lipinski definition) is 5. The summed E-state index contributed by atoms with van der Waals surface area (Å²) in [4.78, 5) is 42.2. The number of carbonyl (C=O) groups is 2. The van der Waals surface area contributed by atoms with Crippen molar-refractivity contribution in [1.29, 1.82) is 0 Å². The number of nitrogens with one attached hydrogen (secondary N) is 2. The van der Waals surface area contributed by atoms with Gasteiger partial charge in [-0.25, -0.2) is 4.98 Å². The molecule has 0 bridgehead atoms. The minimum absolute atomic E-state index is 0.0886. The Morgan fingerprint density at radius 3 is 2.78 bits per heavy atom. The lowest BCUT2D eigenvalue weighted by molar-refractivity contribution is -0.136. The summed E-state index contributed by atoms with van der Waals surface area (Å²) in [5.41, 5.74) is -0.283. The monoisotopic (exact) mass is 250 g/mol. The van der Waals surface area contributed by atoms with E-state index in [2.05, 4.69) is 15.3 Å². The fourth-order valence-electron chi connectivity index (χ4n) is 1.80. The van der Waals surface area contributed by atoms with Crippen LogP contribution in [0.25, 0.3) is 0 Å². The van der Waals surface area contributed by atoms with Crippen molar-refractivity contribution in [2.45, 2.75) is 25.8 Å². The van der Waals surface area contributed by atoms with Crippen LogP contribution >= 0.6 is 0 Å². The zero-order valence-electron chi connectivity index (χ0n) is 10.2. The standard InChI is InChI=1S/C11H14N4O3/c1-3-7-13-8(5-9(16)14-7)12-6-4-10(17)15(2)11(6)18/h5-6H,3-4H2,1-2H3,(H2,12,13,14,16). The van der Waals surface area contributed by atoms with Gasteiger partial charge >= 0.3 is 0 Å². The molecular formula is C11H14N4O3. The maximum absolute atomic E-state index is 11.7. The second-order valence-electron chi connectivity index (χ2n) is 4.12. The molecule has 1 aliphatic heterocycles.